The predicted molar refractivity (Wildman–Crippen MR) is 106 cm³/mol. The summed E-state index contributed by atoms with van der Waals surface area (Å²) < 4.78 is 24.1. The molecule has 30 heavy (non-hydrogen) atoms. The molecule has 1 N–H and O–H groups in total. The van der Waals surface area contributed by atoms with Crippen LogP contribution in [0.4, 0.5) is 4.39 Å². The van der Waals surface area contributed by atoms with E-state index in [0.29, 0.717) is 31.9 Å². The summed E-state index contributed by atoms with van der Waals surface area (Å²) in [5, 5.41) is 10.8. The lowest BCUT2D eigenvalue weighted by Gasteiger charge is -2.28. The van der Waals surface area contributed by atoms with Gasteiger partial charge in [-0.3, -0.25) is 14.5 Å². The highest BCUT2D eigenvalue weighted by Crippen LogP contribution is 2.39. The van der Waals surface area contributed by atoms with Crippen molar-refractivity contribution in [2.75, 3.05) is 39.4 Å². The van der Waals surface area contributed by atoms with Crippen LogP contribution in [0.5, 0.6) is 0 Å². The monoisotopic (exact) mass is 414 g/mol. The highest BCUT2D eigenvalue weighted by Gasteiger charge is 2.47. The van der Waals surface area contributed by atoms with Gasteiger partial charge in [-0.25, -0.2) is 4.39 Å². The summed E-state index contributed by atoms with van der Waals surface area (Å²) in [6, 6.07) is 7.63. The molecule has 0 aliphatic carbocycles. The van der Waals surface area contributed by atoms with Crippen LogP contribution >= 0.6 is 0 Å². The third kappa shape index (κ3) is 4.01. The molecule has 1 atom stereocenters. The Balaban J connectivity index is 1.61. The van der Waals surface area contributed by atoms with Gasteiger partial charge in [-0.15, -0.1) is 0 Å². The van der Waals surface area contributed by atoms with Crippen LogP contribution in [0.3, 0.4) is 0 Å². The molecular weight excluding hydrogens is 391 g/mol. The Bertz CT molecular complexity index is 933. The number of hydrogen-bond donors (Lipinski definition) is 1. The van der Waals surface area contributed by atoms with E-state index in [2.05, 4.69) is 4.90 Å². The molecule has 2 aliphatic rings. The fourth-order valence-electron chi connectivity index (χ4n) is 3.91. The first kappa shape index (κ1) is 20.3. The smallest absolute Gasteiger partial charge is 0.295 e. The third-order valence-electron chi connectivity index (χ3n) is 5.45. The molecule has 0 saturated carbocycles. The van der Waals surface area contributed by atoms with E-state index >= 15 is 0 Å². The Labute approximate surface area is 173 Å². The van der Waals surface area contributed by atoms with Crippen LogP contribution in [0.2, 0.25) is 0 Å². The average molecular weight is 414 g/mol. The molecule has 2 aromatic rings. The first-order valence-electron chi connectivity index (χ1n) is 9.94. The number of benzene rings is 1. The second-order valence-corrected chi connectivity index (χ2v) is 7.32. The molecule has 2 saturated heterocycles. The number of furan rings is 1. The molecule has 1 aromatic heterocycles. The summed E-state index contributed by atoms with van der Waals surface area (Å²) in [5.41, 5.74) is 0.215. The Kier molecular flexibility index (Phi) is 5.96. The summed E-state index contributed by atoms with van der Waals surface area (Å²) in [4.78, 5) is 29.3. The molecule has 3 heterocycles. The molecule has 7 nitrogen and oxygen atoms in total. The number of carbonyl (C=O) groups is 2. The number of nitrogens with zero attached hydrogens (tertiary/aromatic N) is 2. The number of Topliss-reactive ketones (excluding diaryl/α,β-unsaturated/α-hetero) is 1. The molecule has 0 radical (unpaired) electrons. The van der Waals surface area contributed by atoms with E-state index in [1.54, 1.807) is 12.1 Å². The number of ether oxygens (including phenoxy) is 1. The van der Waals surface area contributed by atoms with Crippen LogP contribution in [0.1, 0.15) is 23.8 Å². The standard InChI is InChI=1S/C22H23FN2O5/c23-16-6-4-15(5-7-16)20(26)18-19(17-3-1-12-30-17)25(22(28)21(18)27)9-2-8-24-10-13-29-14-11-24/h1,3-7,12,19,26H,2,8-11,13-14H2/t19-/m0/s1. The summed E-state index contributed by atoms with van der Waals surface area (Å²) >= 11 is 0. The lowest BCUT2D eigenvalue weighted by molar-refractivity contribution is -0.140. The Morgan fingerprint density at radius 3 is 2.50 bits per heavy atom. The maximum Gasteiger partial charge on any atom is 0.295 e. The Morgan fingerprint density at radius 1 is 1.10 bits per heavy atom. The minimum Gasteiger partial charge on any atom is -0.507 e. The minimum atomic E-state index is -0.824. The van der Waals surface area contributed by atoms with Crippen LogP contribution in [0.25, 0.3) is 5.76 Å². The summed E-state index contributed by atoms with van der Waals surface area (Å²) in [7, 11) is 0. The zero-order valence-corrected chi connectivity index (χ0v) is 16.4. The number of likely N-dealkylation sites (tertiary alicyclic amines) is 1. The number of aliphatic hydroxyl groups excluding tert-OH is 1. The highest BCUT2D eigenvalue weighted by atomic mass is 19.1. The number of hydrogen-bond acceptors (Lipinski definition) is 6. The second-order valence-electron chi connectivity index (χ2n) is 7.32. The van der Waals surface area contributed by atoms with E-state index in [4.69, 9.17) is 9.15 Å². The fourth-order valence-corrected chi connectivity index (χ4v) is 3.91. The van der Waals surface area contributed by atoms with Crippen molar-refractivity contribution >= 4 is 17.4 Å². The molecule has 0 bridgehead atoms. The summed E-state index contributed by atoms with van der Waals surface area (Å²) in [6.07, 6.45) is 2.13. The molecule has 1 aromatic carbocycles. The number of aliphatic hydroxyl groups is 1. The van der Waals surface area contributed by atoms with E-state index in [-0.39, 0.29) is 16.9 Å². The number of amides is 1. The van der Waals surface area contributed by atoms with Gasteiger partial charge in [0.25, 0.3) is 11.7 Å². The van der Waals surface area contributed by atoms with Gasteiger partial charge in [-0.1, -0.05) is 0 Å². The fraction of sp³-hybridized carbons (Fsp3) is 0.364. The number of carbonyl (C=O) groups excluding carboxylic acids is 2. The molecule has 2 aliphatic heterocycles. The normalized spacial score (nSPS) is 22.0. The van der Waals surface area contributed by atoms with Crippen molar-refractivity contribution in [3.05, 3.63) is 65.4 Å². The Hall–Kier alpha value is -2.97. The van der Waals surface area contributed by atoms with Gasteiger partial charge in [0.1, 0.15) is 23.4 Å². The van der Waals surface area contributed by atoms with Gasteiger partial charge in [-0.2, -0.15) is 0 Å². The number of morpholine rings is 1. The SMILES string of the molecule is O=C1C(=O)N(CCCN2CCOCC2)[C@@H](c2ccco2)C1=C(O)c1ccc(F)cc1. The van der Waals surface area contributed by atoms with Crippen molar-refractivity contribution < 1.29 is 28.2 Å². The van der Waals surface area contributed by atoms with Crippen molar-refractivity contribution in [1.82, 2.24) is 9.80 Å². The molecule has 0 spiro atoms. The van der Waals surface area contributed by atoms with Gasteiger partial charge < -0.3 is 19.2 Å². The number of halogens is 1. The molecular formula is C22H23FN2O5. The molecule has 4 rings (SSSR count). The van der Waals surface area contributed by atoms with Crippen LogP contribution in [0, 0.1) is 5.82 Å². The van der Waals surface area contributed by atoms with Gasteiger partial charge in [0.2, 0.25) is 0 Å². The van der Waals surface area contributed by atoms with Crippen molar-refractivity contribution in [3.8, 4) is 0 Å². The Morgan fingerprint density at radius 2 is 1.83 bits per heavy atom. The van der Waals surface area contributed by atoms with E-state index in [9.17, 15) is 19.1 Å². The van der Waals surface area contributed by atoms with E-state index in [1.807, 2.05) is 0 Å². The molecule has 8 heteroatoms. The van der Waals surface area contributed by atoms with Gasteiger partial charge in [0, 0.05) is 31.7 Å². The van der Waals surface area contributed by atoms with E-state index in [0.717, 1.165) is 19.6 Å². The topological polar surface area (TPSA) is 83.2 Å². The first-order valence-corrected chi connectivity index (χ1v) is 9.94. The number of ketones is 1. The van der Waals surface area contributed by atoms with Gasteiger partial charge in [-0.05, 0) is 42.8 Å². The van der Waals surface area contributed by atoms with Crippen LogP contribution in [-0.4, -0.2) is 66.0 Å². The quantitative estimate of drug-likeness (QED) is 0.444. The van der Waals surface area contributed by atoms with Gasteiger partial charge in [0.15, 0.2) is 0 Å². The third-order valence-corrected chi connectivity index (χ3v) is 5.45. The minimum absolute atomic E-state index is 0.0482. The van der Waals surface area contributed by atoms with Crippen molar-refractivity contribution in [2.24, 2.45) is 0 Å². The largest absolute Gasteiger partial charge is 0.507 e. The lowest BCUT2D eigenvalue weighted by atomic mass is 9.99. The highest BCUT2D eigenvalue weighted by molar-refractivity contribution is 6.46. The second kappa shape index (κ2) is 8.81. The van der Waals surface area contributed by atoms with E-state index in [1.165, 1.54) is 35.4 Å². The molecule has 0 unspecified atom stereocenters. The van der Waals surface area contributed by atoms with Crippen LogP contribution in [-0.2, 0) is 14.3 Å². The zero-order chi connectivity index (χ0) is 21.1. The molecule has 2 fully saturated rings. The maximum absolute atomic E-state index is 13.3. The molecule has 1 amide bonds. The van der Waals surface area contributed by atoms with Crippen LogP contribution < -0.4 is 0 Å². The van der Waals surface area contributed by atoms with Crippen molar-refractivity contribution in [3.63, 3.8) is 0 Å². The van der Waals surface area contributed by atoms with Gasteiger partial charge >= 0.3 is 0 Å². The van der Waals surface area contributed by atoms with E-state index < -0.39 is 23.5 Å². The van der Waals surface area contributed by atoms with Crippen molar-refractivity contribution in [1.29, 1.82) is 0 Å². The number of rotatable bonds is 6. The lowest BCUT2D eigenvalue weighted by Crippen LogP contribution is -2.38. The van der Waals surface area contributed by atoms with Crippen molar-refractivity contribution in [2.45, 2.75) is 12.5 Å². The van der Waals surface area contributed by atoms with Crippen LogP contribution in [0.15, 0.2) is 52.7 Å². The summed E-state index contributed by atoms with van der Waals surface area (Å²) in [6.45, 7) is 4.17. The van der Waals surface area contributed by atoms with Gasteiger partial charge in [0.05, 0.1) is 25.1 Å². The summed E-state index contributed by atoms with van der Waals surface area (Å²) in [5.74, 6) is -1.86. The maximum atomic E-state index is 13.3. The first-order chi connectivity index (χ1) is 14.6. The average Bonchev–Trinajstić information content (AvgIpc) is 3.37. The predicted octanol–water partition coefficient (Wildman–Crippen LogP) is 2.56. The molecule has 158 valence electrons. The zero-order valence-electron chi connectivity index (χ0n) is 16.4.